The molecule has 0 radical (unpaired) electrons. The van der Waals surface area contributed by atoms with Gasteiger partial charge in [0.05, 0.1) is 22.2 Å². The monoisotopic (exact) mass is 679 g/mol. The molecule has 0 amide bonds. The van der Waals surface area contributed by atoms with Crippen LogP contribution >= 0.6 is 11.3 Å². The number of rotatable bonds is 4. The Kier molecular flexibility index (Phi) is 6.42. The van der Waals surface area contributed by atoms with Gasteiger partial charge in [0.15, 0.2) is 0 Å². The highest BCUT2D eigenvalue weighted by molar-refractivity contribution is 7.25. The van der Waals surface area contributed by atoms with Crippen molar-refractivity contribution in [1.82, 2.24) is 14.5 Å². The summed E-state index contributed by atoms with van der Waals surface area (Å²) in [5.74, 6) is 0.660. The molecule has 3 nitrogen and oxygen atoms in total. The molecule has 52 heavy (non-hydrogen) atoms. The predicted molar refractivity (Wildman–Crippen MR) is 221 cm³/mol. The van der Waals surface area contributed by atoms with Crippen LogP contribution in [0.4, 0.5) is 0 Å². The summed E-state index contributed by atoms with van der Waals surface area (Å²) in [6.45, 7) is 0. The van der Waals surface area contributed by atoms with Crippen LogP contribution < -0.4 is 0 Å². The Morgan fingerprint density at radius 2 is 1.06 bits per heavy atom. The summed E-state index contributed by atoms with van der Waals surface area (Å²) in [5.41, 5.74) is 9.80. The maximum atomic E-state index is 5.42. The SMILES string of the molecule is c1ccc(-c2nc(-n3c4c(-c5cccc(-c6ccc7sc8ccccc8c7c6)c5)cccc4c4ccc5ccccc5c43)nc3ccccc23)cc1. The molecule has 0 spiro atoms. The summed E-state index contributed by atoms with van der Waals surface area (Å²) >= 11 is 1.85. The van der Waals surface area contributed by atoms with Crippen LogP contribution in [-0.2, 0) is 0 Å². The summed E-state index contributed by atoms with van der Waals surface area (Å²) in [6, 6.07) is 63.1. The van der Waals surface area contributed by atoms with E-state index >= 15 is 0 Å². The standard InChI is InChI=1S/C48H29N3S/c1-2-13-31(14-3-1)45-40-19-6-8-22-42(40)49-48(50-45)51-46-35-17-5-4-12-30(35)24-26-39(46)38-21-11-20-36(47(38)51)34-16-10-15-32(28-34)33-25-27-44-41(29-33)37-18-7-9-23-43(37)52-44/h1-29H. The number of nitrogens with zero attached hydrogens (tertiary/aromatic N) is 3. The number of hydrogen-bond acceptors (Lipinski definition) is 3. The Bertz CT molecular complexity index is 3190. The van der Waals surface area contributed by atoms with Gasteiger partial charge >= 0.3 is 0 Å². The minimum absolute atomic E-state index is 0.660. The van der Waals surface area contributed by atoms with Gasteiger partial charge < -0.3 is 0 Å². The summed E-state index contributed by atoms with van der Waals surface area (Å²) < 4.78 is 4.95. The largest absolute Gasteiger partial charge is 0.277 e. The maximum absolute atomic E-state index is 5.42. The van der Waals surface area contributed by atoms with Crippen molar-refractivity contribution in [2.45, 2.75) is 0 Å². The van der Waals surface area contributed by atoms with Crippen LogP contribution in [-0.4, -0.2) is 14.5 Å². The molecule has 0 atom stereocenters. The van der Waals surface area contributed by atoms with Crippen LogP contribution in [0.3, 0.4) is 0 Å². The average molecular weight is 680 g/mol. The first-order chi connectivity index (χ1) is 25.8. The smallest absolute Gasteiger partial charge is 0.235 e. The zero-order valence-corrected chi connectivity index (χ0v) is 28.8. The summed E-state index contributed by atoms with van der Waals surface area (Å²) in [5, 5.41) is 8.36. The fraction of sp³-hybridized carbons (Fsp3) is 0. The van der Waals surface area contributed by atoms with E-state index in [1.54, 1.807) is 0 Å². The first-order valence-electron chi connectivity index (χ1n) is 17.6. The predicted octanol–water partition coefficient (Wildman–Crippen LogP) is 13.2. The topological polar surface area (TPSA) is 30.7 Å². The number of fused-ring (bicyclic) bond motifs is 9. The normalized spacial score (nSPS) is 11.8. The number of para-hydroxylation sites is 2. The lowest BCUT2D eigenvalue weighted by Gasteiger charge is -2.14. The lowest BCUT2D eigenvalue weighted by Crippen LogP contribution is -2.04. The van der Waals surface area contributed by atoms with Gasteiger partial charge in [-0.05, 0) is 52.4 Å². The van der Waals surface area contributed by atoms with E-state index < -0.39 is 0 Å². The van der Waals surface area contributed by atoms with E-state index in [1.807, 2.05) is 17.4 Å². The van der Waals surface area contributed by atoms with Gasteiger partial charge in [0, 0.05) is 52.8 Å². The fourth-order valence-corrected chi connectivity index (χ4v) is 9.10. The van der Waals surface area contributed by atoms with E-state index in [1.165, 1.54) is 52.8 Å². The van der Waals surface area contributed by atoms with Gasteiger partial charge in [-0.3, -0.25) is 4.57 Å². The van der Waals surface area contributed by atoms with Gasteiger partial charge in [-0.1, -0.05) is 146 Å². The van der Waals surface area contributed by atoms with Gasteiger partial charge in [-0.15, -0.1) is 11.3 Å². The molecule has 3 heterocycles. The van der Waals surface area contributed by atoms with E-state index in [4.69, 9.17) is 9.97 Å². The van der Waals surface area contributed by atoms with Crippen LogP contribution in [0.1, 0.15) is 0 Å². The van der Waals surface area contributed by atoms with Crippen molar-refractivity contribution < 1.29 is 0 Å². The van der Waals surface area contributed by atoms with Crippen LogP contribution in [0.25, 0.3) is 103 Å². The molecule has 242 valence electrons. The Hall–Kier alpha value is -6.62. The zero-order valence-electron chi connectivity index (χ0n) is 28.0. The molecule has 0 aliphatic rings. The molecule has 0 bridgehead atoms. The Labute approximate surface area is 303 Å². The summed E-state index contributed by atoms with van der Waals surface area (Å²) in [6.07, 6.45) is 0. The van der Waals surface area contributed by atoms with Crippen molar-refractivity contribution >= 4 is 75.0 Å². The van der Waals surface area contributed by atoms with Crippen LogP contribution in [0.15, 0.2) is 176 Å². The molecular weight excluding hydrogens is 651 g/mol. The van der Waals surface area contributed by atoms with E-state index in [-0.39, 0.29) is 0 Å². The van der Waals surface area contributed by atoms with Gasteiger partial charge in [-0.25, -0.2) is 9.97 Å². The zero-order chi connectivity index (χ0) is 34.2. The maximum Gasteiger partial charge on any atom is 0.235 e. The molecule has 0 N–H and O–H groups in total. The van der Waals surface area contributed by atoms with Crippen molar-refractivity contribution in [1.29, 1.82) is 0 Å². The lowest BCUT2D eigenvalue weighted by atomic mass is 9.96. The van der Waals surface area contributed by atoms with Gasteiger partial charge in [0.25, 0.3) is 0 Å². The van der Waals surface area contributed by atoms with Gasteiger partial charge in [0.2, 0.25) is 5.95 Å². The lowest BCUT2D eigenvalue weighted by molar-refractivity contribution is 1.02. The second-order valence-corrected chi connectivity index (χ2v) is 14.4. The van der Waals surface area contributed by atoms with Crippen molar-refractivity contribution in [3.05, 3.63) is 176 Å². The third-order valence-corrected chi connectivity index (χ3v) is 11.5. The molecule has 0 unspecified atom stereocenters. The van der Waals surface area contributed by atoms with Crippen molar-refractivity contribution in [2.75, 3.05) is 0 Å². The highest BCUT2D eigenvalue weighted by Crippen LogP contribution is 2.42. The second-order valence-electron chi connectivity index (χ2n) is 13.4. The molecule has 11 rings (SSSR count). The summed E-state index contributed by atoms with van der Waals surface area (Å²) in [7, 11) is 0. The highest BCUT2D eigenvalue weighted by Gasteiger charge is 2.22. The fourth-order valence-electron chi connectivity index (χ4n) is 8.01. The van der Waals surface area contributed by atoms with Crippen molar-refractivity contribution in [2.24, 2.45) is 0 Å². The van der Waals surface area contributed by atoms with Crippen LogP contribution in [0.5, 0.6) is 0 Å². The Morgan fingerprint density at radius 3 is 1.98 bits per heavy atom. The molecule has 3 aromatic heterocycles. The molecule has 8 aromatic carbocycles. The summed E-state index contributed by atoms with van der Waals surface area (Å²) in [4.78, 5) is 10.7. The van der Waals surface area contributed by atoms with E-state index in [9.17, 15) is 0 Å². The average Bonchev–Trinajstić information content (AvgIpc) is 3.77. The molecule has 0 aliphatic heterocycles. The minimum Gasteiger partial charge on any atom is -0.277 e. The molecular formula is C48H29N3S. The molecule has 0 saturated carbocycles. The second kappa shape index (κ2) is 11.5. The van der Waals surface area contributed by atoms with E-state index in [0.29, 0.717) is 5.95 Å². The van der Waals surface area contributed by atoms with Crippen molar-refractivity contribution in [3.63, 3.8) is 0 Å². The first kappa shape index (κ1) is 29.1. The van der Waals surface area contributed by atoms with Crippen molar-refractivity contribution in [3.8, 4) is 39.5 Å². The first-order valence-corrected chi connectivity index (χ1v) is 18.4. The van der Waals surface area contributed by atoms with E-state index in [0.717, 1.165) is 44.3 Å². The van der Waals surface area contributed by atoms with E-state index in [2.05, 4.69) is 174 Å². The van der Waals surface area contributed by atoms with Crippen LogP contribution in [0.2, 0.25) is 0 Å². The minimum atomic E-state index is 0.660. The molecule has 0 saturated heterocycles. The molecule has 0 fully saturated rings. The number of aromatic nitrogens is 3. The number of hydrogen-bond donors (Lipinski definition) is 0. The number of benzene rings is 8. The number of thiophene rings is 1. The molecule has 11 aromatic rings. The van der Waals surface area contributed by atoms with Gasteiger partial charge in [0.1, 0.15) is 0 Å². The van der Waals surface area contributed by atoms with Crippen LogP contribution in [0, 0.1) is 0 Å². The highest BCUT2D eigenvalue weighted by atomic mass is 32.1. The third-order valence-electron chi connectivity index (χ3n) is 10.4. The quantitative estimate of drug-likeness (QED) is 0.185. The Balaban J connectivity index is 1.20. The molecule has 0 aliphatic carbocycles. The van der Waals surface area contributed by atoms with Gasteiger partial charge in [-0.2, -0.15) is 0 Å². The third kappa shape index (κ3) is 4.45. The Morgan fingerprint density at radius 1 is 0.385 bits per heavy atom. The molecule has 4 heteroatoms.